The first-order valence-corrected chi connectivity index (χ1v) is 6.43. The van der Waals surface area contributed by atoms with E-state index in [0.717, 1.165) is 6.07 Å². The molecule has 0 atom stereocenters. The number of aromatic nitrogens is 1. The minimum Gasteiger partial charge on any atom is -0.322 e. The van der Waals surface area contributed by atoms with Gasteiger partial charge in [0.15, 0.2) is 5.78 Å². The third kappa shape index (κ3) is 3.14. The lowest BCUT2D eigenvalue weighted by atomic mass is 10.1. The van der Waals surface area contributed by atoms with Crippen LogP contribution in [0.3, 0.4) is 0 Å². The molecular formula is C15H13N3O4. The number of pyridine rings is 1. The standard InChI is InChI=1S/C15H13N3O4/c1-9-13(18(21)22)8-12(14(16-9)10(2)19)15(20)17-11-6-4-3-5-7-11/h3-8H,1-2H3,(H,17,20). The number of ketones is 1. The number of amides is 1. The quantitative estimate of drug-likeness (QED) is 0.531. The summed E-state index contributed by atoms with van der Waals surface area (Å²) >= 11 is 0. The smallest absolute Gasteiger partial charge is 0.291 e. The summed E-state index contributed by atoms with van der Waals surface area (Å²) < 4.78 is 0. The van der Waals surface area contributed by atoms with Gasteiger partial charge in [-0.15, -0.1) is 0 Å². The number of carbonyl (C=O) groups is 2. The Morgan fingerprint density at radius 2 is 1.86 bits per heavy atom. The second-order valence-corrected chi connectivity index (χ2v) is 4.62. The molecule has 0 saturated carbocycles. The van der Waals surface area contributed by atoms with Crippen LogP contribution >= 0.6 is 0 Å². The molecule has 0 spiro atoms. The Morgan fingerprint density at radius 1 is 1.23 bits per heavy atom. The average Bonchev–Trinajstić information content (AvgIpc) is 2.47. The molecular weight excluding hydrogens is 286 g/mol. The van der Waals surface area contributed by atoms with Gasteiger partial charge in [0, 0.05) is 18.7 Å². The zero-order valence-electron chi connectivity index (χ0n) is 12.0. The number of carbonyl (C=O) groups excluding carboxylic acids is 2. The third-order valence-electron chi connectivity index (χ3n) is 2.99. The molecule has 1 amide bonds. The van der Waals surface area contributed by atoms with E-state index in [9.17, 15) is 19.7 Å². The first-order valence-electron chi connectivity index (χ1n) is 6.43. The van der Waals surface area contributed by atoms with Gasteiger partial charge in [-0.2, -0.15) is 0 Å². The molecule has 1 N–H and O–H groups in total. The highest BCUT2D eigenvalue weighted by Gasteiger charge is 2.23. The zero-order valence-corrected chi connectivity index (χ0v) is 12.0. The van der Waals surface area contributed by atoms with Gasteiger partial charge >= 0.3 is 0 Å². The van der Waals surface area contributed by atoms with Crippen molar-refractivity contribution in [2.24, 2.45) is 0 Å². The molecule has 7 heteroatoms. The highest BCUT2D eigenvalue weighted by Crippen LogP contribution is 2.21. The number of rotatable bonds is 4. The van der Waals surface area contributed by atoms with E-state index in [4.69, 9.17) is 0 Å². The summed E-state index contributed by atoms with van der Waals surface area (Å²) in [5.41, 5.74) is 0.102. The van der Waals surface area contributed by atoms with Crippen LogP contribution < -0.4 is 5.32 Å². The SMILES string of the molecule is CC(=O)c1nc(C)c([N+](=O)[O-])cc1C(=O)Nc1ccccc1. The summed E-state index contributed by atoms with van der Waals surface area (Å²) in [5.74, 6) is -1.05. The number of anilines is 1. The number of nitro groups is 1. The molecule has 22 heavy (non-hydrogen) atoms. The van der Waals surface area contributed by atoms with Gasteiger partial charge in [-0.25, -0.2) is 4.98 Å². The number of benzene rings is 1. The van der Waals surface area contributed by atoms with Crippen LogP contribution in [0.4, 0.5) is 11.4 Å². The number of hydrogen-bond acceptors (Lipinski definition) is 5. The minimum absolute atomic E-state index is 0.0865. The van der Waals surface area contributed by atoms with Gasteiger partial charge in [-0.1, -0.05) is 18.2 Å². The topological polar surface area (TPSA) is 102 Å². The fraction of sp³-hybridized carbons (Fsp3) is 0.133. The second kappa shape index (κ2) is 6.13. The fourth-order valence-electron chi connectivity index (χ4n) is 1.94. The molecule has 0 aliphatic heterocycles. The van der Waals surface area contributed by atoms with Gasteiger partial charge in [0.05, 0.1) is 10.5 Å². The van der Waals surface area contributed by atoms with Gasteiger partial charge in [0.1, 0.15) is 11.4 Å². The summed E-state index contributed by atoms with van der Waals surface area (Å²) in [5, 5.41) is 13.6. The van der Waals surface area contributed by atoms with Gasteiger partial charge in [-0.05, 0) is 19.1 Å². The van der Waals surface area contributed by atoms with Crippen molar-refractivity contribution in [3.63, 3.8) is 0 Å². The van der Waals surface area contributed by atoms with E-state index in [1.165, 1.54) is 13.8 Å². The van der Waals surface area contributed by atoms with Crippen LogP contribution in [-0.4, -0.2) is 21.6 Å². The summed E-state index contributed by atoms with van der Waals surface area (Å²) in [6.45, 7) is 2.68. The highest BCUT2D eigenvalue weighted by molar-refractivity contribution is 6.11. The minimum atomic E-state index is -0.633. The van der Waals surface area contributed by atoms with E-state index in [1.807, 2.05) is 0 Å². The van der Waals surface area contributed by atoms with Crippen LogP contribution in [0.15, 0.2) is 36.4 Å². The van der Waals surface area contributed by atoms with Gasteiger partial charge in [0.2, 0.25) is 0 Å². The van der Waals surface area contributed by atoms with Crippen molar-refractivity contribution >= 4 is 23.1 Å². The van der Waals surface area contributed by atoms with E-state index in [2.05, 4.69) is 10.3 Å². The number of Topliss-reactive ketones (excluding diaryl/α,β-unsaturated/α-hetero) is 1. The Morgan fingerprint density at radius 3 is 2.41 bits per heavy atom. The average molecular weight is 299 g/mol. The molecule has 0 radical (unpaired) electrons. The lowest BCUT2D eigenvalue weighted by Crippen LogP contribution is -2.18. The number of nitrogens with zero attached hydrogens (tertiary/aromatic N) is 2. The molecule has 0 saturated heterocycles. The number of hydrogen-bond donors (Lipinski definition) is 1. The second-order valence-electron chi connectivity index (χ2n) is 4.62. The molecule has 0 bridgehead atoms. The molecule has 2 rings (SSSR count). The van der Waals surface area contributed by atoms with Crippen LogP contribution in [0, 0.1) is 17.0 Å². The Hall–Kier alpha value is -3.09. The van der Waals surface area contributed by atoms with Crippen molar-refractivity contribution in [2.45, 2.75) is 13.8 Å². The molecule has 2 aromatic rings. The number of nitrogens with one attached hydrogen (secondary N) is 1. The summed E-state index contributed by atoms with van der Waals surface area (Å²) in [6.07, 6.45) is 0. The Bertz CT molecular complexity index is 757. The first-order chi connectivity index (χ1) is 10.4. The summed E-state index contributed by atoms with van der Waals surface area (Å²) in [4.78, 5) is 38.2. The van der Waals surface area contributed by atoms with Crippen LogP contribution in [0.2, 0.25) is 0 Å². The Labute approximate surface area is 126 Å². The maximum atomic E-state index is 12.3. The highest BCUT2D eigenvalue weighted by atomic mass is 16.6. The van der Waals surface area contributed by atoms with Crippen LogP contribution in [0.25, 0.3) is 0 Å². The van der Waals surface area contributed by atoms with E-state index < -0.39 is 16.6 Å². The van der Waals surface area contributed by atoms with E-state index in [-0.39, 0.29) is 22.6 Å². The lowest BCUT2D eigenvalue weighted by Gasteiger charge is -2.09. The molecule has 1 heterocycles. The van der Waals surface area contributed by atoms with Gasteiger partial charge in [0.25, 0.3) is 11.6 Å². The van der Waals surface area contributed by atoms with E-state index in [0.29, 0.717) is 5.69 Å². The summed E-state index contributed by atoms with van der Waals surface area (Å²) in [7, 11) is 0. The van der Waals surface area contributed by atoms with Crippen LogP contribution in [-0.2, 0) is 0 Å². The maximum Gasteiger partial charge on any atom is 0.291 e. The molecule has 0 fully saturated rings. The Kier molecular flexibility index (Phi) is 4.26. The maximum absolute atomic E-state index is 12.3. The molecule has 1 aromatic carbocycles. The van der Waals surface area contributed by atoms with Crippen LogP contribution in [0.1, 0.15) is 33.5 Å². The summed E-state index contributed by atoms with van der Waals surface area (Å²) in [6, 6.07) is 9.67. The first kappa shape index (κ1) is 15.3. The number of aryl methyl sites for hydroxylation is 1. The van der Waals surface area contributed by atoms with Crippen LogP contribution in [0.5, 0.6) is 0 Å². The predicted octanol–water partition coefficient (Wildman–Crippen LogP) is 2.75. The largest absolute Gasteiger partial charge is 0.322 e. The normalized spacial score (nSPS) is 10.1. The fourth-order valence-corrected chi connectivity index (χ4v) is 1.94. The third-order valence-corrected chi connectivity index (χ3v) is 2.99. The lowest BCUT2D eigenvalue weighted by molar-refractivity contribution is -0.385. The molecule has 0 unspecified atom stereocenters. The van der Waals surface area contributed by atoms with Crippen molar-refractivity contribution in [2.75, 3.05) is 5.32 Å². The van der Waals surface area contributed by atoms with Crippen molar-refractivity contribution in [3.05, 3.63) is 63.5 Å². The van der Waals surface area contributed by atoms with Gasteiger partial charge in [-0.3, -0.25) is 19.7 Å². The van der Waals surface area contributed by atoms with Gasteiger partial charge < -0.3 is 5.32 Å². The zero-order chi connectivity index (χ0) is 16.3. The van der Waals surface area contributed by atoms with E-state index in [1.54, 1.807) is 30.3 Å². The predicted molar refractivity (Wildman–Crippen MR) is 80.0 cm³/mol. The monoisotopic (exact) mass is 299 g/mol. The molecule has 0 aliphatic rings. The molecule has 1 aromatic heterocycles. The van der Waals surface area contributed by atoms with Crippen molar-refractivity contribution in [1.82, 2.24) is 4.98 Å². The van der Waals surface area contributed by atoms with Crippen molar-refractivity contribution in [1.29, 1.82) is 0 Å². The molecule has 112 valence electrons. The molecule has 0 aliphatic carbocycles. The molecule has 7 nitrogen and oxygen atoms in total. The number of para-hydroxylation sites is 1. The Balaban J connectivity index is 2.47. The van der Waals surface area contributed by atoms with Crippen molar-refractivity contribution in [3.8, 4) is 0 Å². The van der Waals surface area contributed by atoms with Crippen molar-refractivity contribution < 1.29 is 14.5 Å². The van der Waals surface area contributed by atoms with E-state index >= 15 is 0 Å².